The van der Waals surface area contributed by atoms with Crippen LogP contribution >= 0.6 is 0 Å². The van der Waals surface area contributed by atoms with E-state index in [-0.39, 0.29) is 18.0 Å². The molecule has 0 bridgehead atoms. The van der Waals surface area contributed by atoms with Crippen molar-refractivity contribution in [3.05, 3.63) is 60.8 Å². The number of hydrogen-bond acceptors (Lipinski definition) is 5. The zero-order valence-corrected chi connectivity index (χ0v) is 34.8. The van der Waals surface area contributed by atoms with Gasteiger partial charge in [-0.2, -0.15) is 0 Å². The quantitative estimate of drug-likeness (QED) is 0.0327. The molecule has 0 aliphatic rings. The van der Waals surface area contributed by atoms with Gasteiger partial charge in [0.15, 0.2) is 0 Å². The number of amides is 1. The second-order valence-corrected chi connectivity index (χ2v) is 14.8. The standard InChI is InChI=1S/C47H82N2O5/c1-3-5-7-9-11-13-15-17-18-20-22-24-26-31-35-41-46(51)54-43(37-32-28-25-23-21-19-16-14-12-10-8-6-4-2)38-33-29-27-30-34-40-45(50)49-44(47(52)53)39-36-42-48/h5,7,11,13,17-18,22,24,31,35,43-44H,3-4,6,8-10,12,14-16,19-21,23,25-30,32-34,36-42,48H2,1-2H3,(H,49,50)(H,52,53)/b7-5-,13-11-,18-17-,24-22-,35-31-. The number of carbonyl (C=O) groups excluding carboxylic acids is 2. The smallest absolute Gasteiger partial charge is 0.326 e. The van der Waals surface area contributed by atoms with Crippen LogP contribution in [-0.4, -0.2) is 41.6 Å². The number of allylic oxidation sites excluding steroid dienone is 9. The van der Waals surface area contributed by atoms with Crippen LogP contribution in [0.3, 0.4) is 0 Å². The second kappa shape index (κ2) is 41.2. The molecule has 0 fully saturated rings. The number of carboxylic acid groups (broad SMARTS) is 1. The van der Waals surface area contributed by atoms with Crippen LogP contribution in [0.4, 0.5) is 0 Å². The molecule has 0 aliphatic carbocycles. The van der Waals surface area contributed by atoms with Crippen molar-refractivity contribution in [2.45, 2.75) is 212 Å². The minimum absolute atomic E-state index is 0.0415. The normalized spacial score (nSPS) is 13.2. The van der Waals surface area contributed by atoms with E-state index in [0.717, 1.165) is 83.5 Å². The molecule has 7 heteroatoms. The summed E-state index contributed by atoms with van der Waals surface area (Å²) >= 11 is 0. The van der Waals surface area contributed by atoms with Crippen molar-refractivity contribution in [2.24, 2.45) is 5.73 Å². The molecular weight excluding hydrogens is 673 g/mol. The summed E-state index contributed by atoms with van der Waals surface area (Å²) in [6, 6.07) is -0.864. The average molecular weight is 755 g/mol. The summed E-state index contributed by atoms with van der Waals surface area (Å²) in [7, 11) is 0. The Kier molecular flexibility index (Phi) is 39.0. The molecule has 0 radical (unpaired) electrons. The Bertz CT molecular complexity index is 1030. The van der Waals surface area contributed by atoms with Crippen LogP contribution in [0.5, 0.6) is 0 Å². The fraction of sp³-hybridized carbons (Fsp3) is 0.723. The lowest BCUT2D eigenvalue weighted by Gasteiger charge is -2.18. The predicted octanol–water partition coefficient (Wildman–Crippen LogP) is 12.6. The molecule has 0 spiro atoms. The van der Waals surface area contributed by atoms with Gasteiger partial charge in [0.05, 0.1) is 6.42 Å². The van der Waals surface area contributed by atoms with Gasteiger partial charge in [0.25, 0.3) is 0 Å². The molecule has 2 atom stereocenters. The minimum atomic E-state index is -1.01. The molecule has 54 heavy (non-hydrogen) atoms. The number of nitrogens with two attached hydrogens (primary N) is 1. The molecule has 0 rings (SSSR count). The summed E-state index contributed by atoms with van der Waals surface area (Å²) in [5, 5.41) is 11.9. The maximum atomic E-state index is 12.7. The molecule has 0 aliphatic heterocycles. The Balaban J connectivity index is 4.47. The molecule has 0 aromatic rings. The summed E-state index contributed by atoms with van der Waals surface area (Å²) in [4.78, 5) is 36.3. The third-order valence-electron chi connectivity index (χ3n) is 9.63. The summed E-state index contributed by atoms with van der Waals surface area (Å²) < 4.78 is 5.98. The van der Waals surface area contributed by atoms with Crippen molar-refractivity contribution in [3.63, 3.8) is 0 Å². The molecule has 4 N–H and O–H groups in total. The van der Waals surface area contributed by atoms with E-state index in [1.54, 1.807) is 0 Å². The Labute approximate surface area is 331 Å². The van der Waals surface area contributed by atoms with Crippen LogP contribution in [0, 0.1) is 0 Å². The maximum absolute atomic E-state index is 12.7. The van der Waals surface area contributed by atoms with Crippen LogP contribution < -0.4 is 11.1 Å². The zero-order valence-electron chi connectivity index (χ0n) is 34.8. The highest BCUT2D eigenvalue weighted by Crippen LogP contribution is 2.18. The van der Waals surface area contributed by atoms with E-state index >= 15 is 0 Å². The summed E-state index contributed by atoms with van der Waals surface area (Å²) in [6.45, 7) is 4.82. The number of esters is 1. The Hall–Kier alpha value is -2.93. The van der Waals surface area contributed by atoms with E-state index in [1.165, 1.54) is 77.0 Å². The molecule has 0 aromatic heterocycles. The van der Waals surface area contributed by atoms with Crippen molar-refractivity contribution in [3.8, 4) is 0 Å². The third-order valence-corrected chi connectivity index (χ3v) is 9.63. The molecule has 0 aromatic carbocycles. The first-order chi connectivity index (χ1) is 26.4. The minimum Gasteiger partial charge on any atom is -0.480 e. The van der Waals surface area contributed by atoms with Crippen LogP contribution in [0.2, 0.25) is 0 Å². The number of nitrogens with one attached hydrogen (secondary N) is 1. The van der Waals surface area contributed by atoms with Gasteiger partial charge in [-0.3, -0.25) is 9.59 Å². The van der Waals surface area contributed by atoms with Gasteiger partial charge in [-0.1, -0.05) is 171 Å². The van der Waals surface area contributed by atoms with Crippen LogP contribution in [0.15, 0.2) is 60.8 Å². The number of unbranched alkanes of at least 4 members (excludes halogenated alkanes) is 16. The van der Waals surface area contributed by atoms with Crippen LogP contribution in [0.25, 0.3) is 0 Å². The van der Waals surface area contributed by atoms with Crippen molar-refractivity contribution < 1.29 is 24.2 Å². The first-order valence-electron chi connectivity index (χ1n) is 22.1. The van der Waals surface area contributed by atoms with Gasteiger partial charge in [0.1, 0.15) is 12.1 Å². The molecule has 7 nitrogen and oxygen atoms in total. The number of carboxylic acids is 1. The maximum Gasteiger partial charge on any atom is 0.326 e. The van der Waals surface area contributed by atoms with Crippen molar-refractivity contribution in [2.75, 3.05) is 6.54 Å². The van der Waals surface area contributed by atoms with Crippen LogP contribution in [-0.2, 0) is 19.1 Å². The van der Waals surface area contributed by atoms with Crippen molar-refractivity contribution >= 4 is 17.8 Å². The summed E-state index contributed by atoms with van der Waals surface area (Å²) in [6.07, 6.45) is 51.3. The largest absolute Gasteiger partial charge is 0.480 e. The van der Waals surface area contributed by atoms with E-state index in [1.807, 2.05) is 12.2 Å². The van der Waals surface area contributed by atoms with E-state index in [2.05, 4.69) is 67.8 Å². The van der Waals surface area contributed by atoms with Gasteiger partial charge in [0.2, 0.25) is 5.91 Å². The Morgan fingerprint density at radius 2 is 0.981 bits per heavy atom. The fourth-order valence-electron chi connectivity index (χ4n) is 6.35. The lowest BCUT2D eigenvalue weighted by molar-refractivity contribution is -0.148. The predicted molar refractivity (Wildman–Crippen MR) is 229 cm³/mol. The van der Waals surface area contributed by atoms with Gasteiger partial charge < -0.3 is 20.9 Å². The average Bonchev–Trinajstić information content (AvgIpc) is 3.16. The first-order valence-corrected chi connectivity index (χ1v) is 22.1. The number of aliphatic carboxylic acids is 1. The molecular formula is C47H82N2O5. The van der Waals surface area contributed by atoms with Gasteiger partial charge in [-0.15, -0.1) is 0 Å². The lowest BCUT2D eigenvalue weighted by atomic mass is 10.0. The molecule has 0 saturated heterocycles. The van der Waals surface area contributed by atoms with Crippen LogP contribution in [0.1, 0.15) is 200 Å². The third kappa shape index (κ3) is 37.4. The molecule has 0 saturated carbocycles. The van der Waals surface area contributed by atoms with Gasteiger partial charge >= 0.3 is 11.9 Å². The van der Waals surface area contributed by atoms with Gasteiger partial charge in [-0.05, 0) is 83.6 Å². The monoisotopic (exact) mass is 755 g/mol. The SMILES string of the molecule is CC/C=C\C/C=C\C/C=C\C/C=C\C/C=C\CC(=O)OC(CCCCCCCCCCCCCCC)CCCCCCCC(=O)NC(CCCN)C(=O)O. The van der Waals surface area contributed by atoms with Gasteiger partial charge in [-0.25, -0.2) is 4.79 Å². The van der Waals surface area contributed by atoms with E-state index < -0.39 is 12.0 Å². The van der Waals surface area contributed by atoms with Gasteiger partial charge in [0, 0.05) is 6.42 Å². The summed E-state index contributed by atoms with van der Waals surface area (Å²) in [5.74, 6) is -1.37. The highest BCUT2D eigenvalue weighted by Gasteiger charge is 2.19. The first kappa shape index (κ1) is 51.1. The molecule has 310 valence electrons. The number of hydrogen-bond donors (Lipinski definition) is 3. The lowest BCUT2D eigenvalue weighted by Crippen LogP contribution is -2.40. The van der Waals surface area contributed by atoms with Crippen molar-refractivity contribution in [1.29, 1.82) is 0 Å². The zero-order chi connectivity index (χ0) is 39.6. The topological polar surface area (TPSA) is 119 Å². The molecule has 0 heterocycles. The molecule has 2 unspecified atom stereocenters. The van der Waals surface area contributed by atoms with E-state index in [4.69, 9.17) is 10.5 Å². The Morgan fingerprint density at radius 1 is 0.556 bits per heavy atom. The van der Waals surface area contributed by atoms with Crippen molar-refractivity contribution in [1.82, 2.24) is 5.32 Å². The highest BCUT2D eigenvalue weighted by atomic mass is 16.5. The molecule has 1 amide bonds. The number of carbonyl (C=O) groups is 3. The fourth-order valence-corrected chi connectivity index (χ4v) is 6.35. The van der Waals surface area contributed by atoms with E-state index in [0.29, 0.717) is 32.2 Å². The highest BCUT2D eigenvalue weighted by molar-refractivity contribution is 5.83. The Morgan fingerprint density at radius 3 is 1.43 bits per heavy atom. The second-order valence-electron chi connectivity index (χ2n) is 14.8. The number of rotatable bonds is 39. The number of ether oxygens (including phenoxy) is 1. The van der Waals surface area contributed by atoms with E-state index in [9.17, 15) is 19.5 Å². The summed E-state index contributed by atoms with van der Waals surface area (Å²) in [5.41, 5.74) is 5.48.